The molecule has 2 aromatic heterocycles. The summed E-state index contributed by atoms with van der Waals surface area (Å²) in [5.74, 6) is -0.722. The molecule has 3 heterocycles. The number of halogens is 3. The molecular weight excluding hydrogens is 455 g/mol. The van der Waals surface area contributed by atoms with Crippen molar-refractivity contribution >= 4 is 22.5 Å². The third-order valence-electron chi connectivity index (χ3n) is 7.41. The monoisotopic (exact) mass is 483 g/mol. The minimum atomic E-state index is -2.67. The Bertz CT molecular complexity index is 1400. The van der Waals surface area contributed by atoms with Crippen LogP contribution in [0, 0.1) is 5.82 Å². The van der Waals surface area contributed by atoms with Crippen LogP contribution in [0.1, 0.15) is 42.1 Å². The molecule has 1 aliphatic heterocycles. The van der Waals surface area contributed by atoms with E-state index in [1.54, 1.807) is 66.0 Å². The number of carbonyl (C=O) groups is 1. The average molecular weight is 484 g/mol. The summed E-state index contributed by atoms with van der Waals surface area (Å²) in [6.07, 6.45) is 5.92. The fourth-order valence-electron chi connectivity index (χ4n) is 5.53. The Morgan fingerprint density at radius 3 is 2.66 bits per heavy atom. The topological polar surface area (TPSA) is 55.1 Å². The number of rotatable bonds is 4. The van der Waals surface area contributed by atoms with Crippen LogP contribution >= 0.6 is 0 Å². The molecule has 0 saturated carbocycles. The highest BCUT2D eigenvalue weighted by atomic mass is 19.3. The quantitative estimate of drug-likeness (QED) is 0.579. The summed E-state index contributed by atoms with van der Waals surface area (Å²) in [4.78, 5) is 14.2. The first-order valence-electron chi connectivity index (χ1n) is 11.6. The number of benzene rings is 1. The third kappa shape index (κ3) is 3.64. The highest BCUT2D eigenvalue weighted by Gasteiger charge is 2.42. The fourth-order valence-corrected chi connectivity index (χ4v) is 5.53. The zero-order chi connectivity index (χ0) is 25.1. The molecule has 1 amide bonds. The van der Waals surface area contributed by atoms with Gasteiger partial charge in [-0.05, 0) is 37.0 Å². The van der Waals surface area contributed by atoms with E-state index in [4.69, 9.17) is 0 Å². The molecular formula is C26H28F3N5O. The van der Waals surface area contributed by atoms with E-state index in [9.17, 15) is 13.6 Å². The lowest BCUT2D eigenvalue weighted by molar-refractivity contribution is 0.0964. The second-order valence-corrected chi connectivity index (χ2v) is 9.61. The van der Waals surface area contributed by atoms with Crippen LogP contribution in [0.3, 0.4) is 0 Å². The van der Waals surface area contributed by atoms with E-state index >= 15 is 4.39 Å². The van der Waals surface area contributed by atoms with Gasteiger partial charge >= 0.3 is 0 Å². The Labute approximate surface area is 201 Å². The van der Waals surface area contributed by atoms with E-state index < -0.39 is 17.7 Å². The van der Waals surface area contributed by atoms with Crippen LogP contribution in [0.25, 0.3) is 10.9 Å². The van der Waals surface area contributed by atoms with Crippen molar-refractivity contribution in [1.29, 1.82) is 0 Å². The third-order valence-corrected chi connectivity index (χ3v) is 7.41. The molecule has 1 aromatic carbocycles. The lowest BCUT2D eigenvalue weighted by atomic mass is 9.68. The van der Waals surface area contributed by atoms with Gasteiger partial charge < -0.3 is 14.8 Å². The summed E-state index contributed by atoms with van der Waals surface area (Å²) in [5, 5.41) is 7.44. The van der Waals surface area contributed by atoms with Gasteiger partial charge in [0.15, 0.2) is 0 Å². The minimum absolute atomic E-state index is 0.00315. The smallest absolute Gasteiger partial charge is 0.261 e. The molecule has 1 unspecified atom stereocenters. The van der Waals surface area contributed by atoms with Gasteiger partial charge in [-0.25, -0.2) is 13.2 Å². The second-order valence-electron chi connectivity index (χ2n) is 9.61. The Hall–Kier alpha value is -3.49. The number of nitrogens with zero attached hydrogens (tertiary/aromatic N) is 4. The van der Waals surface area contributed by atoms with Crippen molar-refractivity contribution in [1.82, 2.24) is 19.7 Å². The molecule has 35 heavy (non-hydrogen) atoms. The van der Waals surface area contributed by atoms with Gasteiger partial charge in [-0.3, -0.25) is 9.48 Å². The minimum Gasteiger partial charge on any atom is -0.355 e. The summed E-state index contributed by atoms with van der Waals surface area (Å²) in [7, 11) is 5.07. The molecule has 1 atom stereocenters. The molecule has 1 N–H and O–H groups in total. The van der Waals surface area contributed by atoms with Gasteiger partial charge in [0.1, 0.15) is 5.82 Å². The summed E-state index contributed by atoms with van der Waals surface area (Å²) < 4.78 is 47.6. The number of anilines is 1. The number of carbonyl (C=O) groups excluding carboxylic acids is 1. The number of aryl methyl sites for hydroxylation is 2. The first-order chi connectivity index (χ1) is 16.6. The Morgan fingerprint density at radius 1 is 1.23 bits per heavy atom. The number of hydrogen-bond donors (Lipinski definition) is 1. The van der Waals surface area contributed by atoms with Crippen LogP contribution in [0.5, 0.6) is 0 Å². The SMILES string of the molecule is CNC(=O)c1cn(C)c2cc(F)c(N3CCCC4=C3C=C(C(F)F)C(C)(c3cnn(C)c3)C4)cc12. The van der Waals surface area contributed by atoms with Crippen molar-refractivity contribution < 1.29 is 18.0 Å². The molecule has 6 nitrogen and oxygen atoms in total. The van der Waals surface area contributed by atoms with Crippen molar-refractivity contribution in [3.05, 3.63) is 70.6 Å². The van der Waals surface area contributed by atoms with E-state index in [0.29, 0.717) is 35.1 Å². The zero-order valence-corrected chi connectivity index (χ0v) is 20.2. The summed E-state index contributed by atoms with van der Waals surface area (Å²) in [5.41, 5.74) is 2.82. The van der Waals surface area contributed by atoms with Gasteiger partial charge in [-0.2, -0.15) is 5.10 Å². The average Bonchev–Trinajstić information content (AvgIpc) is 3.40. The zero-order valence-electron chi connectivity index (χ0n) is 20.2. The molecule has 9 heteroatoms. The first kappa shape index (κ1) is 23.3. The fraction of sp³-hybridized carbons (Fsp3) is 0.385. The van der Waals surface area contributed by atoms with Crippen LogP contribution in [0.4, 0.5) is 18.9 Å². The number of fused-ring (bicyclic) bond motifs is 1. The Kier molecular flexibility index (Phi) is 5.53. The number of nitrogens with one attached hydrogen (secondary N) is 1. The number of hydrogen-bond acceptors (Lipinski definition) is 3. The number of alkyl halides is 2. The van der Waals surface area contributed by atoms with Gasteiger partial charge in [0.05, 0.1) is 23.0 Å². The molecule has 0 spiro atoms. The summed E-state index contributed by atoms with van der Waals surface area (Å²) in [6, 6.07) is 3.07. The molecule has 0 saturated heterocycles. The molecule has 0 radical (unpaired) electrons. The van der Waals surface area contributed by atoms with E-state index in [0.717, 1.165) is 24.0 Å². The van der Waals surface area contributed by atoms with Gasteiger partial charge in [0, 0.05) is 73.8 Å². The summed E-state index contributed by atoms with van der Waals surface area (Å²) >= 11 is 0. The maximum absolute atomic E-state index is 15.5. The van der Waals surface area contributed by atoms with Gasteiger partial charge in [0.25, 0.3) is 12.3 Å². The standard InChI is InChI=1S/C26H28F3N5O/c1-26(16-12-31-33(4)13-16)11-15-6-5-7-34(21(15)9-19(26)24(28)29)23-8-17-18(25(35)30-2)14-32(3)22(17)10-20(23)27/h8-10,12-14,24H,5-7,11H2,1-4H3,(H,30,35). The second kappa shape index (κ2) is 8.32. The highest BCUT2D eigenvalue weighted by Crippen LogP contribution is 2.48. The normalized spacial score (nSPS) is 20.5. The van der Waals surface area contributed by atoms with Gasteiger partial charge in [-0.1, -0.05) is 6.92 Å². The molecule has 3 aromatic rings. The predicted octanol–water partition coefficient (Wildman–Crippen LogP) is 4.82. The van der Waals surface area contributed by atoms with E-state index in [2.05, 4.69) is 10.4 Å². The van der Waals surface area contributed by atoms with Crippen molar-refractivity contribution in [2.45, 2.75) is 38.0 Å². The summed E-state index contributed by atoms with van der Waals surface area (Å²) in [6.45, 7) is 2.33. The van der Waals surface area contributed by atoms with E-state index in [1.807, 2.05) is 6.92 Å². The maximum Gasteiger partial charge on any atom is 0.261 e. The molecule has 184 valence electrons. The molecule has 1 aliphatic carbocycles. The van der Waals surface area contributed by atoms with Crippen LogP contribution in [-0.4, -0.2) is 40.3 Å². The molecule has 0 fully saturated rings. The van der Waals surface area contributed by atoms with Gasteiger partial charge in [0.2, 0.25) is 0 Å². The lowest BCUT2D eigenvalue weighted by Gasteiger charge is -2.42. The van der Waals surface area contributed by atoms with Crippen molar-refractivity contribution in [3.63, 3.8) is 0 Å². The Balaban J connectivity index is 1.64. The van der Waals surface area contributed by atoms with Crippen LogP contribution in [0.15, 0.2) is 53.6 Å². The van der Waals surface area contributed by atoms with Crippen LogP contribution in [-0.2, 0) is 19.5 Å². The largest absolute Gasteiger partial charge is 0.355 e. The highest BCUT2D eigenvalue weighted by molar-refractivity contribution is 6.07. The van der Waals surface area contributed by atoms with Crippen molar-refractivity contribution in [2.24, 2.45) is 14.1 Å². The predicted molar refractivity (Wildman–Crippen MR) is 129 cm³/mol. The number of amides is 1. The van der Waals surface area contributed by atoms with E-state index in [1.165, 1.54) is 6.07 Å². The first-order valence-corrected chi connectivity index (χ1v) is 11.6. The lowest BCUT2D eigenvalue weighted by Crippen LogP contribution is -2.38. The van der Waals surface area contributed by atoms with Crippen LogP contribution < -0.4 is 10.2 Å². The number of aromatic nitrogens is 3. The Morgan fingerprint density at radius 2 is 2.00 bits per heavy atom. The molecule has 0 bridgehead atoms. The number of allylic oxidation sites excluding steroid dienone is 3. The molecule has 2 aliphatic rings. The van der Waals surface area contributed by atoms with Crippen LogP contribution in [0.2, 0.25) is 0 Å². The van der Waals surface area contributed by atoms with Crippen molar-refractivity contribution in [3.8, 4) is 0 Å². The maximum atomic E-state index is 15.5. The van der Waals surface area contributed by atoms with Gasteiger partial charge in [-0.15, -0.1) is 0 Å². The van der Waals surface area contributed by atoms with Crippen molar-refractivity contribution in [2.75, 3.05) is 18.5 Å². The van der Waals surface area contributed by atoms with E-state index in [-0.39, 0.29) is 17.2 Å². The molecule has 5 rings (SSSR count).